The zero-order chi connectivity index (χ0) is 14.1. The molecular formula is C12H15BrClNO3S. The van der Waals surface area contributed by atoms with Gasteiger partial charge in [0.1, 0.15) is 4.90 Å². The summed E-state index contributed by atoms with van der Waals surface area (Å²) in [5.41, 5.74) is -0.352. The number of nitrogens with one attached hydrogen (secondary N) is 1. The Hall–Kier alpha value is -0.140. The van der Waals surface area contributed by atoms with Gasteiger partial charge in [0.05, 0.1) is 10.6 Å². The van der Waals surface area contributed by atoms with Gasteiger partial charge < -0.3 is 4.74 Å². The van der Waals surface area contributed by atoms with Crippen LogP contribution in [0.4, 0.5) is 0 Å². The van der Waals surface area contributed by atoms with Crippen LogP contribution in [0.3, 0.4) is 0 Å². The van der Waals surface area contributed by atoms with Crippen LogP contribution < -0.4 is 4.72 Å². The van der Waals surface area contributed by atoms with Crippen molar-refractivity contribution >= 4 is 37.6 Å². The second-order valence-electron chi connectivity index (χ2n) is 4.64. The molecule has 0 bridgehead atoms. The summed E-state index contributed by atoms with van der Waals surface area (Å²) in [6.45, 7) is 0.276. The number of hydrogen-bond acceptors (Lipinski definition) is 3. The van der Waals surface area contributed by atoms with E-state index in [1.807, 2.05) is 0 Å². The van der Waals surface area contributed by atoms with Crippen molar-refractivity contribution in [1.82, 2.24) is 4.72 Å². The predicted octanol–water partition coefficient (Wildman–Crippen LogP) is 2.95. The van der Waals surface area contributed by atoms with Crippen LogP contribution in [-0.2, 0) is 14.8 Å². The zero-order valence-corrected chi connectivity index (χ0v) is 13.6. The Labute approximate surface area is 126 Å². The van der Waals surface area contributed by atoms with E-state index in [0.29, 0.717) is 0 Å². The molecule has 0 unspecified atom stereocenters. The third-order valence-corrected chi connectivity index (χ3v) is 5.84. The van der Waals surface area contributed by atoms with Gasteiger partial charge in [0.15, 0.2) is 0 Å². The smallest absolute Gasteiger partial charge is 0.242 e. The predicted molar refractivity (Wildman–Crippen MR) is 77.9 cm³/mol. The van der Waals surface area contributed by atoms with Gasteiger partial charge in [-0.3, -0.25) is 0 Å². The highest BCUT2D eigenvalue weighted by Crippen LogP contribution is 2.35. The first-order chi connectivity index (χ1) is 8.88. The molecule has 106 valence electrons. The summed E-state index contributed by atoms with van der Waals surface area (Å²) in [7, 11) is -2.00. The van der Waals surface area contributed by atoms with Gasteiger partial charge in [0, 0.05) is 18.1 Å². The largest absolute Gasteiger partial charge is 0.377 e. The van der Waals surface area contributed by atoms with Crippen LogP contribution in [0.15, 0.2) is 27.6 Å². The summed E-state index contributed by atoms with van der Waals surface area (Å²) in [4.78, 5) is 0.0861. The fourth-order valence-electron chi connectivity index (χ4n) is 2.02. The van der Waals surface area contributed by atoms with Crippen LogP contribution in [0.1, 0.15) is 19.3 Å². The van der Waals surface area contributed by atoms with Crippen molar-refractivity contribution in [3.8, 4) is 0 Å². The van der Waals surface area contributed by atoms with Gasteiger partial charge >= 0.3 is 0 Å². The zero-order valence-electron chi connectivity index (χ0n) is 10.4. The maximum atomic E-state index is 12.2. The fraction of sp³-hybridized carbons (Fsp3) is 0.500. The van der Waals surface area contributed by atoms with E-state index >= 15 is 0 Å². The van der Waals surface area contributed by atoms with E-state index in [1.165, 1.54) is 6.07 Å². The molecule has 1 fully saturated rings. The van der Waals surface area contributed by atoms with Gasteiger partial charge in [-0.15, -0.1) is 0 Å². The SMILES string of the molecule is COC1(CNS(=O)(=O)c2ccc(Br)cc2Cl)CCC1. The molecule has 0 spiro atoms. The highest BCUT2D eigenvalue weighted by atomic mass is 79.9. The van der Waals surface area contributed by atoms with Gasteiger partial charge in [0.2, 0.25) is 10.0 Å². The van der Waals surface area contributed by atoms with Crippen LogP contribution >= 0.6 is 27.5 Å². The summed E-state index contributed by atoms with van der Waals surface area (Å²) >= 11 is 9.21. The molecule has 4 nitrogen and oxygen atoms in total. The standard InChI is InChI=1S/C12H15BrClNO3S/c1-18-12(5-2-6-12)8-15-19(16,17)11-4-3-9(13)7-10(11)14/h3-4,7,15H,2,5-6,8H2,1H3. The molecule has 1 aromatic rings. The lowest BCUT2D eigenvalue weighted by molar-refractivity contribution is -0.0659. The average Bonchev–Trinajstić information content (AvgIpc) is 2.27. The summed E-state index contributed by atoms with van der Waals surface area (Å²) < 4.78 is 33.1. The van der Waals surface area contributed by atoms with E-state index in [9.17, 15) is 8.42 Å². The molecule has 0 aliphatic heterocycles. The van der Waals surface area contributed by atoms with Crippen LogP contribution in [0.2, 0.25) is 5.02 Å². The minimum Gasteiger partial charge on any atom is -0.377 e. The number of hydrogen-bond donors (Lipinski definition) is 1. The Morgan fingerprint density at radius 1 is 1.47 bits per heavy atom. The van der Waals surface area contributed by atoms with Gasteiger partial charge in [0.25, 0.3) is 0 Å². The van der Waals surface area contributed by atoms with Crippen molar-refractivity contribution in [2.75, 3.05) is 13.7 Å². The Bertz CT molecular complexity index is 567. The van der Waals surface area contributed by atoms with E-state index in [1.54, 1.807) is 19.2 Å². The maximum Gasteiger partial charge on any atom is 0.242 e. The minimum atomic E-state index is -3.61. The van der Waals surface area contributed by atoms with Crippen molar-refractivity contribution in [2.24, 2.45) is 0 Å². The van der Waals surface area contributed by atoms with E-state index in [0.717, 1.165) is 23.7 Å². The molecule has 0 amide bonds. The number of benzene rings is 1. The first kappa shape index (κ1) is 15.3. The molecule has 0 radical (unpaired) electrons. The Balaban J connectivity index is 2.14. The first-order valence-corrected chi connectivity index (χ1v) is 8.54. The summed E-state index contributed by atoms with van der Waals surface area (Å²) in [5, 5.41) is 0.196. The number of halogens is 2. The van der Waals surface area contributed by atoms with E-state index in [-0.39, 0.29) is 22.1 Å². The number of methoxy groups -OCH3 is 1. The quantitative estimate of drug-likeness (QED) is 0.869. The fourth-order valence-corrected chi connectivity index (χ4v) is 4.17. The van der Waals surface area contributed by atoms with Crippen LogP contribution in [-0.4, -0.2) is 27.7 Å². The number of sulfonamides is 1. The summed E-state index contributed by atoms with van der Waals surface area (Å²) in [6.07, 6.45) is 2.81. The third-order valence-electron chi connectivity index (χ3n) is 3.47. The molecule has 19 heavy (non-hydrogen) atoms. The van der Waals surface area contributed by atoms with Crippen LogP contribution in [0.5, 0.6) is 0 Å². The lowest BCUT2D eigenvalue weighted by Gasteiger charge is -2.40. The Morgan fingerprint density at radius 2 is 2.16 bits per heavy atom. The molecule has 1 aliphatic carbocycles. The van der Waals surface area contributed by atoms with E-state index < -0.39 is 10.0 Å². The van der Waals surface area contributed by atoms with Crippen LogP contribution in [0.25, 0.3) is 0 Å². The molecule has 0 heterocycles. The second kappa shape index (κ2) is 5.69. The van der Waals surface area contributed by atoms with Crippen molar-refractivity contribution < 1.29 is 13.2 Å². The van der Waals surface area contributed by atoms with Crippen molar-refractivity contribution in [3.63, 3.8) is 0 Å². The Morgan fingerprint density at radius 3 is 2.63 bits per heavy atom. The Kier molecular flexibility index (Phi) is 4.57. The monoisotopic (exact) mass is 367 g/mol. The second-order valence-corrected chi connectivity index (χ2v) is 7.70. The molecule has 0 atom stereocenters. The number of ether oxygens (including phenoxy) is 1. The topological polar surface area (TPSA) is 55.4 Å². The minimum absolute atomic E-state index is 0.0861. The van der Waals surface area contributed by atoms with E-state index in [2.05, 4.69) is 20.7 Å². The van der Waals surface area contributed by atoms with Gasteiger partial charge in [-0.1, -0.05) is 27.5 Å². The van der Waals surface area contributed by atoms with Crippen molar-refractivity contribution in [3.05, 3.63) is 27.7 Å². The molecule has 0 aromatic heterocycles. The van der Waals surface area contributed by atoms with Gasteiger partial charge in [-0.2, -0.15) is 0 Å². The lowest BCUT2D eigenvalue weighted by atomic mass is 9.80. The van der Waals surface area contributed by atoms with Gasteiger partial charge in [-0.05, 0) is 37.5 Å². The van der Waals surface area contributed by atoms with Crippen molar-refractivity contribution in [2.45, 2.75) is 29.8 Å². The maximum absolute atomic E-state index is 12.2. The molecule has 1 aliphatic rings. The van der Waals surface area contributed by atoms with E-state index in [4.69, 9.17) is 16.3 Å². The number of rotatable bonds is 5. The summed E-state index contributed by atoms with van der Waals surface area (Å²) in [6, 6.07) is 4.69. The molecule has 1 saturated carbocycles. The first-order valence-electron chi connectivity index (χ1n) is 5.88. The molecule has 1 N–H and O–H groups in total. The lowest BCUT2D eigenvalue weighted by Crippen LogP contribution is -2.49. The summed E-state index contributed by atoms with van der Waals surface area (Å²) in [5.74, 6) is 0. The normalized spacial score (nSPS) is 18.1. The molecular weight excluding hydrogens is 354 g/mol. The molecule has 2 rings (SSSR count). The highest BCUT2D eigenvalue weighted by molar-refractivity contribution is 9.10. The highest BCUT2D eigenvalue weighted by Gasteiger charge is 2.38. The molecule has 0 saturated heterocycles. The third kappa shape index (κ3) is 3.31. The van der Waals surface area contributed by atoms with Crippen molar-refractivity contribution in [1.29, 1.82) is 0 Å². The van der Waals surface area contributed by atoms with Gasteiger partial charge in [-0.25, -0.2) is 13.1 Å². The van der Waals surface area contributed by atoms with Crippen LogP contribution in [0, 0.1) is 0 Å². The average molecular weight is 369 g/mol. The molecule has 7 heteroatoms. The molecule has 1 aromatic carbocycles.